The summed E-state index contributed by atoms with van der Waals surface area (Å²) in [4.78, 5) is 3.75. The van der Waals surface area contributed by atoms with Gasteiger partial charge in [0.15, 0.2) is 0 Å². The molecule has 4 heteroatoms. The number of terminal acetylenes is 1. The lowest BCUT2D eigenvalue weighted by atomic mass is 10.3. The minimum atomic E-state index is -2.25. The van der Waals surface area contributed by atoms with Gasteiger partial charge in [-0.2, -0.15) is 0 Å². The molecule has 1 aromatic rings. The third-order valence-electron chi connectivity index (χ3n) is 1.07. The fraction of sp³-hybridized carbons (Fsp3) is 0. The summed E-state index contributed by atoms with van der Waals surface area (Å²) in [5, 5.41) is 0. The van der Waals surface area contributed by atoms with Crippen LogP contribution in [0.4, 0.5) is 0 Å². The third-order valence-corrected chi connectivity index (χ3v) is 1.68. The molecule has 1 aromatic heterocycles. The average Bonchev–Trinajstić information content (AvgIpc) is 2.05. The minimum absolute atomic E-state index is 0.112. The maximum atomic E-state index is 10.4. The Morgan fingerprint density at radius 2 is 2.36 bits per heavy atom. The van der Waals surface area contributed by atoms with Crippen LogP contribution >= 0.6 is 0 Å². The highest BCUT2D eigenvalue weighted by atomic mass is 32.2. The van der Waals surface area contributed by atoms with Crippen molar-refractivity contribution in [3.8, 4) is 12.3 Å². The van der Waals surface area contributed by atoms with Gasteiger partial charge in [0, 0.05) is 22.9 Å². The van der Waals surface area contributed by atoms with Crippen molar-refractivity contribution >= 4 is 11.1 Å². The van der Waals surface area contributed by atoms with Crippen molar-refractivity contribution in [2.75, 3.05) is 0 Å². The molecule has 0 amide bonds. The fourth-order valence-corrected chi connectivity index (χ4v) is 0.959. The van der Waals surface area contributed by atoms with Crippen LogP contribution < -0.4 is 0 Å². The maximum Gasteiger partial charge on any atom is 0.0444 e. The Labute approximate surface area is 66.8 Å². The summed E-state index contributed by atoms with van der Waals surface area (Å²) in [6.07, 6.45) is 7.69. The second-order valence-electron chi connectivity index (χ2n) is 1.79. The molecule has 0 spiro atoms. The van der Waals surface area contributed by atoms with Crippen molar-refractivity contribution < 1.29 is 8.76 Å². The number of nitrogens with zero attached hydrogens (tertiary/aromatic N) is 1. The van der Waals surface area contributed by atoms with E-state index in [1.165, 1.54) is 18.5 Å². The highest BCUT2D eigenvalue weighted by Crippen LogP contribution is 2.03. The first-order chi connectivity index (χ1) is 5.24. The zero-order valence-corrected chi connectivity index (χ0v) is 6.30. The number of hydrogen-bond acceptors (Lipinski definition) is 3. The van der Waals surface area contributed by atoms with Gasteiger partial charge in [0.05, 0.1) is 0 Å². The van der Waals surface area contributed by atoms with E-state index in [-0.39, 0.29) is 4.90 Å². The lowest BCUT2D eigenvalue weighted by molar-refractivity contribution is 0.536. The fourth-order valence-electron chi connectivity index (χ4n) is 0.589. The molecule has 0 N–H and O–H groups in total. The van der Waals surface area contributed by atoms with Crippen molar-refractivity contribution in [3.05, 3.63) is 24.0 Å². The van der Waals surface area contributed by atoms with Crippen LogP contribution in [0.2, 0.25) is 0 Å². The van der Waals surface area contributed by atoms with Crippen LogP contribution in [0.5, 0.6) is 0 Å². The highest BCUT2D eigenvalue weighted by Gasteiger charge is 1.92. The predicted octanol–water partition coefficient (Wildman–Crippen LogP) is 0.301. The van der Waals surface area contributed by atoms with Gasteiger partial charge in [-0.3, -0.25) is 9.19 Å². The van der Waals surface area contributed by atoms with Gasteiger partial charge in [-0.1, -0.05) is 5.92 Å². The van der Waals surface area contributed by atoms with Gasteiger partial charge in [-0.25, -0.2) is 0 Å². The van der Waals surface area contributed by atoms with E-state index < -0.39 is 11.1 Å². The Bertz CT molecular complexity index is 329. The zero-order valence-electron chi connectivity index (χ0n) is 5.48. The molecule has 0 saturated carbocycles. The molecule has 1 heterocycles. The van der Waals surface area contributed by atoms with Crippen molar-refractivity contribution in [1.29, 1.82) is 0 Å². The van der Waals surface area contributed by atoms with Gasteiger partial charge in [-0.15, -0.1) is 6.42 Å². The van der Waals surface area contributed by atoms with E-state index in [0.717, 1.165) is 0 Å². The topological polar surface area (TPSA) is 53.0 Å². The standard InChI is InChI=1S/C7H5NO2S/c1-2-6-3-7(11(9)10)5-8-4-6/h1,3-5H,(H,9,10)/p-1. The summed E-state index contributed by atoms with van der Waals surface area (Å²) in [5.41, 5.74) is 0.465. The molecule has 3 nitrogen and oxygen atoms in total. The van der Waals surface area contributed by atoms with Gasteiger partial charge in [0.25, 0.3) is 0 Å². The quantitative estimate of drug-likeness (QED) is 0.445. The Kier molecular flexibility index (Phi) is 2.36. The van der Waals surface area contributed by atoms with Crippen LogP contribution in [0.25, 0.3) is 0 Å². The Hall–Kier alpha value is -1.18. The first kappa shape index (κ1) is 7.92. The molecule has 0 radical (unpaired) electrons. The van der Waals surface area contributed by atoms with Crippen molar-refractivity contribution in [1.82, 2.24) is 4.98 Å². The van der Waals surface area contributed by atoms with Gasteiger partial charge >= 0.3 is 0 Å². The average molecular weight is 166 g/mol. The van der Waals surface area contributed by atoms with Gasteiger partial charge in [0.2, 0.25) is 0 Å². The molecule has 0 fully saturated rings. The zero-order chi connectivity index (χ0) is 8.27. The van der Waals surface area contributed by atoms with E-state index in [0.29, 0.717) is 5.56 Å². The Morgan fingerprint density at radius 1 is 1.64 bits per heavy atom. The molecule has 56 valence electrons. The van der Waals surface area contributed by atoms with E-state index in [9.17, 15) is 8.76 Å². The molecule has 0 aliphatic rings. The summed E-state index contributed by atoms with van der Waals surface area (Å²) in [6, 6.07) is 1.39. The van der Waals surface area contributed by atoms with Crippen LogP contribution in [0.15, 0.2) is 23.4 Å². The number of aromatic nitrogens is 1. The summed E-state index contributed by atoms with van der Waals surface area (Å²) >= 11 is -2.25. The van der Waals surface area contributed by atoms with E-state index in [1.807, 2.05) is 0 Å². The van der Waals surface area contributed by atoms with Gasteiger partial charge in [-0.05, 0) is 17.1 Å². The van der Waals surface area contributed by atoms with E-state index >= 15 is 0 Å². The van der Waals surface area contributed by atoms with E-state index in [4.69, 9.17) is 6.42 Å². The lowest BCUT2D eigenvalue weighted by Crippen LogP contribution is -1.90. The molecule has 1 atom stereocenters. The molecule has 11 heavy (non-hydrogen) atoms. The van der Waals surface area contributed by atoms with Crippen LogP contribution in [0.1, 0.15) is 5.56 Å². The molecular weight excluding hydrogens is 162 g/mol. The summed E-state index contributed by atoms with van der Waals surface area (Å²) in [5.74, 6) is 2.29. The van der Waals surface area contributed by atoms with Crippen molar-refractivity contribution in [2.24, 2.45) is 0 Å². The molecule has 0 aliphatic carbocycles. The van der Waals surface area contributed by atoms with Crippen LogP contribution in [0.3, 0.4) is 0 Å². The van der Waals surface area contributed by atoms with Crippen LogP contribution in [0, 0.1) is 12.3 Å². The van der Waals surface area contributed by atoms with Crippen molar-refractivity contribution in [2.45, 2.75) is 4.90 Å². The summed E-state index contributed by atoms with van der Waals surface area (Å²) in [7, 11) is 0. The monoisotopic (exact) mass is 166 g/mol. The van der Waals surface area contributed by atoms with Crippen LogP contribution in [-0.2, 0) is 11.1 Å². The molecular formula is C7H4NO2S-. The smallest absolute Gasteiger partial charge is 0.0444 e. The second-order valence-corrected chi connectivity index (χ2v) is 2.73. The lowest BCUT2D eigenvalue weighted by Gasteiger charge is -2.02. The molecule has 0 aliphatic heterocycles. The molecule has 0 bridgehead atoms. The number of pyridine rings is 1. The second kappa shape index (κ2) is 3.28. The van der Waals surface area contributed by atoms with Crippen LogP contribution in [-0.4, -0.2) is 13.7 Å². The molecule has 1 rings (SSSR count). The van der Waals surface area contributed by atoms with E-state index in [2.05, 4.69) is 10.9 Å². The first-order valence-electron chi connectivity index (χ1n) is 2.75. The van der Waals surface area contributed by atoms with Gasteiger partial charge < -0.3 is 4.55 Å². The first-order valence-corrected chi connectivity index (χ1v) is 3.82. The largest absolute Gasteiger partial charge is 0.768 e. The normalized spacial score (nSPS) is 12.0. The summed E-state index contributed by atoms with van der Waals surface area (Å²) < 4.78 is 20.7. The van der Waals surface area contributed by atoms with E-state index in [1.54, 1.807) is 0 Å². The molecule has 1 unspecified atom stereocenters. The number of hydrogen-bond donors (Lipinski definition) is 0. The van der Waals surface area contributed by atoms with Gasteiger partial charge in [0.1, 0.15) is 0 Å². The number of rotatable bonds is 1. The Morgan fingerprint density at radius 3 is 2.91 bits per heavy atom. The Balaban J connectivity index is 3.13. The third kappa shape index (κ3) is 1.87. The predicted molar refractivity (Wildman–Crippen MR) is 39.4 cm³/mol. The SMILES string of the molecule is C#Cc1cncc(S(=O)[O-])c1. The van der Waals surface area contributed by atoms with Crippen molar-refractivity contribution in [3.63, 3.8) is 0 Å². The maximum absolute atomic E-state index is 10.4. The minimum Gasteiger partial charge on any atom is -0.768 e. The summed E-state index contributed by atoms with van der Waals surface area (Å²) in [6.45, 7) is 0. The highest BCUT2D eigenvalue weighted by molar-refractivity contribution is 7.79. The molecule has 0 aromatic carbocycles. The molecule has 0 saturated heterocycles.